The average Bonchev–Trinajstić information content (AvgIpc) is 2.48. The van der Waals surface area contributed by atoms with Gasteiger partial charge < -0.3 is 5.32 Å². The van der Waals surface area contributed by atoms with Crippen LogP contribution in [0.2, 0.25) is 5.02 Å². The van der Waals surface area contributed by atoms with Crippen molar-refractivity contribution in [3.05, 3.63) is 64.2 Å². The number of nitriles is 1. The van der Waals surface area contributed by atoms with Crippen molar-refractivity contribution in [2.45, 2.75) is 17.2 Å². The van der Waals surface area contributed by atoms with Gasteiger partial charge in [0.15, 0.2) is 0 Å². The van der Waals surface area contributed by atoms with E-state index >= 15 is 0 Å². The minimum atomic E-state index is 0.597. The summed E-state index contributed by atoms with van der Waals surface area (Å²) in [6.07, 6.45) is 0. The third kappa shape index (κ3) is 4.01. The first-order valence-electron chi connectivity index (χ1n) is 6.28. The molecule has 0 heterocycles. The molecule has 0 unspecified atom stereocenters. The maximum atomic E-state index is 8.81. The van der Waals surface area contributed by atoms with E-state index in [4.69, 9.17) is 16.9 Å². The fraction of sp³-hybridized carbons (Fsp3) is 0.188. The maximum Gasteiger partial charge on any atom is 0.0992 e. The third-order valence-electron chi connectivity index (χ3n) is 2.88. The van der Waals surface area contributed by atoms with Gasteiger partial charge in [-0.15, -0.1) is 11.8 Å². The molecule has 0 aromatic heterocycles. The number of rotatable bonds is 5. The van der Waals surface area contributed by atoms with Crippen molar-refractivity contribution in [1.29, 1.82) is 5.26 Å². The van der Waals surface area contributed by atoms with Crippen molar-refractivity contribution in [2.24, 2.45) is 0 Å². The van der Waals surface area contributed by atoms with Crippen LogP contribution in [0.3, 0.4) is 0 Å². The van der Waals surface area contributed by atoms with Crippen LogP contribution >= 0.6 is 23.4 Å². The predicted molar refractivity (Wildman–Crippen MR) is 84.9 cm³/mol. The van der Waals surface area contributed by atoms with Crippen LogP contribution in [0.1, 0.15) is 16.7 Å². The summed E-state index contributed by atoms with van der Waals surface area (Å²) in [4.78, 5) is 1.21. The Morgan fingerprint density at radius 2 is 1.95 bits per heavy atom. The van der Waals surface area contributed by atoms with Crippen LogP contribution < -0.4 is 5.32 Å². The standard InChI is InChI=1S/C16H15ClN2S/c1-19-10-12-3-6-15(7-4-12)20-11-14-5-2-13(9-18)8-16(14)17/h2-8,19H,10-11H2,1H3. The maximum absolute atomic E-state index is 8.81. The lowest BCUT2D eigenvalue weighted by Crippen LogP contribution is -2.04. The average molecular weight is 303 g/mol. The minimum Gasteiger partial charge on any atom is -0.316 e. The molecule has 0 atom stereocenters. The Hall–Kier alpha value is -1.47. The third-order valence-corrected chi connectivity index (χ3v) is 4.29. The molecule has 0 spiro atoms. The first-order chi connectivity index (χ1) is 9.72. The zero-order valence-corrected chi connectivity index (χ0v) is 12.8. The van der Waals surface area contributed by atoms with Gasteiger partial charge in [-0.05, 0) is 42.4 Å². The summed E-state index contributed by atoms with van der Waals surface area (Å²) in [6, 6.07) is 16.0. The van der Waals surface area contributed by atoms with E-state index in [1.165, 1.54) is 10.5 Å². The predicted octanol–water partition coefficient (Wildman–Crippen LogP) is 4.22. The van der Waals surface area contributed by atoms with Crippen LogP contribution in [0, 0.1) is 11.3 Å². The number of nitrogens with one attached hydrogen (secondary N) is 1. The van der Waals surface area contributed by atoms with Gasteiger partial charge in [0.1, 0.15) is 0 Å². The molecule has 0 aliphatic carbocycles. The number of halogens is 1. The van der Waals surface area contributed by atoms with Gasteiger partial charge >= 0.3 is 0 Å². The molecular formula is C16H15ClN2S. The Bertz CT molecular complexity index is 617. The van der Waals surface area contributed by atoms with Crippen molar-refractivity contribution in [1.82, 2.24) is 5.32 Å². The lowest BCUT2D eigenvalue weighted by atomic mass is 10.2. The Labute approximate surface area is 128 Å². The van der Waals surface area contributed by atoms with E-state index < -0.39 is 0 Å². The number of hydrogen-bond acceptors (Lipinski definition) is 3. The van der Waals surface area contributed by atoms with E-state index in [0.29, 0.717) is 10.6 Å². The number of benzene rings is 2. The molecule has 0 amide bonds. The van der Waals surface area contributed by atoms with Crippen molar-refractivity contribution in [3.63, 3.8) is 0 Å². The van der Waals surface area contributed by atoms with Gasteiger partial charge in [-0.3, -0.25) is 0 Å². The van der Waals surface area contributed by atoms with Gasteiger partial charge in [0.25, 0.3) is 0 Å². The van der Waals surface area contributed by atoms with Crippen molar-refractivity contribution in [2.75, 3.05) is 7.05 Å². The van der Waals surface area contributed by atoms with Gasteiger partial charge in [0, 0.05) is 22.2 Å². The van der Waals surface area contributed by atoms with E-state index in [0.717, 1.165) is 17.9 Å². The number of hydrogen-bond donors (Lipinski definition) is 1. The summed E-state index contributed by atoms with van der Waals surface area (Å²) in [7, 11) is 1.94. The molecule has 2 rings (SSSR count). The summed E-state index contributed by atoms with van der Waals surface area (Å²) < 4.78 is 0. The molecule has 2 aromatic rings. The molecule has 0 saturated carbocycles. The molecule has 0 radical (unpaired) electrons. The minimum absolute atomic E-state index is 0.597. The smallest absolute Gasteiger partial charge is 0.0992 e. The molecule has 0 saturated heterocycles. The largest absolute Gasteiger partial charge is 0.316 e. The first-order valence-corrected chi connectivity index (χ1v) is 7.64. The first kappa shape index (κ1) is 14.9. The molecular weight excluding hydrogens is 288 g/mol. The van der Waals surface area contributed by atoms with Crippen LogP contribution in [-0.4, -0.2) is 7.05 Å². The molecule has 20 heavy (non-hydrogen) atoms. The zero-order chi connectivity index (χ0) is 14.4. The summed E-state index contributed by atoms with van der Waals surface area (Å²) >= 11 is 7.91. The monoisotopic (exact) mass is 302 g/mol. The highest BCUT2D eigenvalue weighted by atomic mass is 35.5. The molecule has 4 heteroatoms. The summed E-state index contributed by atoms with van der Waals surface area (Å²) in [6.45, 7) is 0.881. The Morgan fingerprint density at radius 1 is 1.20 bits per heavy atom. The van der Waals surface area contributed by atoms with Gasteiger partial charge in [-0.25, -0.2) is 0 Å². The molecule has 2 nitrogen and oxygen atoms in total. The summed E-state index contributed by atoms with van der Waals surface area (Å²) in [5, 5.41) is 12.6. The normalized spacial score (nSPS) is 10.2. The molecule has 2 aromatic carbocycles. The van der Waals surface area contributed by atoms with Gasteiger partial charge in [0.05, 0.1) is 11.6 Å². The molecule has 0 aliphatic rings. The van der Waals surface area contributed by atoms with E-state index in [2.05, 4.69) is 35.7 Å². The van der Waals surface area contributed by atoms with E-state index in [9.17, 15) is 0 Å². The van der Waals surface area contributed by atoms with Crippen molar-refractivity contribution in [3.8, 4) is 6.07 Å². The van der Waals surface area contributed by atoms with Crippen LogP contribution in [0.4, 0.5) is 0 Å². The molecule has 0 aliphatic heterocycles. The second kappa shape index (κ2) is 7.35. The lowest BCUT2D eigenvalue weighted by molar-refractivity contribution is 0.817. The SMILES string of the molecule is CNCc1ccc(SCc2ccc(C#N)cc2Cl)cc1. The second-order valence-electron chi connectivity index (χ2n) is 4.38. The fourth-order valence-corrected chi connectivity index (χ4v) is 3.03. The number of nitrogens with zero attached hydrogens (tertiary/aromatic N) is 1. The van der Waals surface area contributed by atoms with Crippen LogP contribution in [0.15, 0.2) is 47.4 Å². The molecule has 102 valence electrons. The van der Waals surface area contributed by atoms with Gasteiger partial charge in [-0.2, -0.15) is 5.26 Å². The van der Waals surface area contributed by atoms with Gasteiger partial charge in [-0.1, -0.05) is 29.8 Å². The van der Waals surface area contributed by atoms with Crippen molar-refractivity contribution >= 4 is 23.4 Å². The topological polar surface area (TPSA) is 35.8 Å². The van der Waals surface area contributed by atoms with Gasteiger partial charge in [0.2, 0.25) is 0 Å². The Kier molecular flexibility index (Phi) is 5.49. The molecule has 0 bridgehead atoms. The van der Waals surface area contributed by atoms with E-state index in [1.807, 2.05) is 13.1 Å². The highest BCUT2D eigenvalue weighted by Crippen LogP contribution is 2.27. The summed E-state index contributed by atoms with van der Waals surface area (Å²) in [5.41, 5.74) is 2.92. The van der Waals surface area contributed by atoms with E-state index in [1.54, 1.807) is 23.9 Å². The highest BCUT2D eigenvalue weighted by molar-refractivity contribution is 7.98. The second-order valence-corrected chi connectivity index (χ2v) is 5.84. The van der Waals surface area contributed by atoms with Crippen LogP contribution in [0.5, 0.6) is 0 Å². The molecule has 0 fully saturated rings. The van der Waals surface area contributed by atoms with Crippen LogP contribution in [-0.2, 0) is 12.3 Å². The fourth-order valence-electron chi connectivity index (χ4n) is 1.80. The quantitative estimate of drug-likeness (QED) is 0.840. The summed E-state index contributed by atoms with van der Waals surface area (Å²) in [5.74, 6) is 0.802. The lowest BCUT2D eigenvalue weighted by Gasteiger charge is -2.06. The van der Waals surface area contributed by atoms with Crippen molar-refractivity contribution < 1.29 is 0 Å². The Morgan fingerprint density at radius 3 is 2.55 bits per heavy atom. The Balaban J connectivity index is 2.00. The zero-order valence-electron chi connectivity index (χ0n) is 11.2. The van der Waals surface area contributed by atoms with Crippen LogP contribution in [0.25, 0.3) is 0 Å². The highest BCUT2D eigenvalue weighted by Gasteiger charge is 2.03. The number of thioether (sulfide) groups is 1. The molecule has 1 N–H and O–H groups in total. The van der Waals surface area contributed by atoms with E-state index in [-0.39, 0.29) is 0 Å².